The van der Waals surface area contributed by atoms with Gasteiger partial charge in [0.25, 0.3) is 5.91 Å². The number of ether oxygens (including phenoxy) is 4. The Morgan fingerprint density at radius 1 is 0.677 bits per heavy atom. The molecule has 0 atom stereocenters. The van der Waals surface area contributed by atoms with E-state index in [-0.39, 0.29) is 47.0 Å². The van der Waals surface area contributed by atoms with Crippen LogP contribution in [0.15, 0.2) is 97.6 Å². The first-order chi connectivity index (χ1) is 28.8. The minimum Gasteiger partial charge on any atom is -0.497 e. The minimum absolute atomic E-state index is 0. The molecule has 0 unspecified atom stereocenters. The van der Waals surface area contributed by atoms with E-state index < -0.39 is 5.97 Å². The molecular weight excluding hydrogens is 793 g/mol. The summed E-state index contributed by atoms with van der Waals surface area (Å²) in [5.41, 5.74) is 8.70. The molecule has 0 radical (unpaired) electrons. The van der Waals surface area contributed by atoms with Gasteiger partial charge in [-0.25, -0.2) is 4.79 Å². The van der Waals surface area contributed by atoms with Crippen molar-refractivity contribution in [1.82, 2.24) is 44.5 Å². The molecule has 324 valence electrons. The molecule has 0 aliphatic heterocycles. The van der Waals surface area contributed by atoms with E-state index in [0.29, 0.717) is 57.8 Å². The van der Waals surface area contributed by atoms with Crippen LogP contribution >= 0.6 is 0 Å². The first-order valence-corrected chi connectivity index (χ1v) is 18.8. The Labute approximate surface area is 358 Å². The van der Waals surface area contributed by atoms with Crippen molar-refractivity contribution in [3.63, 3.8) is 0 Å². The van der Waals surface area contributed by atoms with Gasteiger partial charge in [-0.3, -0.25) is 23.6 Å². The number of aromatic nitrogens is 8. The molecule has 2 aliphatic carbocycles. The van der Waals surface area contributed by atoms with Gasteiger partial charge < -0.3 is 35.1 Å². The van der Waals surface area contributed by atoms with E-state index in [1.807, 2.05) is 42.5 Å². The topological polar surface area (TPSA) is 215 Å². The summed E-state index contributed by atoms with van der Waals surface area (Å²) in [5, 5.41) is 30.3. The van der Waals surface area contributed by atoms with Crippen molar-refractivity contribution in [2.24, 2.45) is 5.73 Å². The van der Waals surface area contributed by atoms with E-state index >= 15 is 0 Å². The van der Waals surface area contributed by atoms with E-state index in [9.17, 15) is 9.59 Å². The molecule has 17 heteroatoms. The molecule has 0 bridgehead atoms. The predicted octanol–water partition coefficient (Wildman–Crippen LogP) is 7.34. The van der Waals surface area contributed by atoms with Crippen LogP contribution in [-0.4, -0.2) is 82.5 Å². The van der Waals surface area contributed by atoms with Crippen LogP contribution in [0.4, 0.5) is 0 Å². The average molecular weight is 845 g/mol. The van der Waals surface area contributed by atoms with Gasteiger partial charge in [-0.05, 0) is 86.3 Å². The number of carboxylic acid groups (broad SMARTS) is 1. The highest BCUT2D eigenvalue weighted by Gasteiger charge is 2.24. The van der Waals surface area contributed by atoms with E-state index in [1.54, 1.807) is 65.9 Å². The standard InChI is InChI=1S/C21H19N5O3.C18H14N4O4.C3H7N.3CH4/c1-28-15-5-6-16-17(10-15)22-9-8-18(16)29-12-20-25-24-19-7-2-13(11-26(19)20)21(27)23-14-3-4-14;1-25-12-3-4-13-14(8-12)19-7-6-15(13)26-10-17-21-20-16-5-2-11(18(23)24)9-22(16)17;4-3-1-2-3;;;/h2,5-11,14H,3-4,12H2,1H3,(H,23,27);2-9H,10H2,1H3,(H,23,24);3H,1-2,4H2;3*1H4. The van der Waals surface area contributed by atoms with Crippen LogP contribution in [0, 0.1) is 0 Å². The Balaban J connectivity index is 0.000000206. The summed E-state index contributed by atoms with van der Waals surface area (Å²) in [6.07, 6.45) is 11.2. The number of pyridine rings is 4. The first kappa shape index (κ1) is 45.7. The smallest absolute Gasteiger partial charge is 0.337 e. The third-order valence-corrected chi connectivity index (χ3v) is 9.52. The van der Waals surface area contributed by atoms with E-state index in [2.05, 4.69) is 35.7 Å². The maximum atomic E-state index is 12.3. The van der Waals surface area contributed by atoms with Crippen LogP contribution in [0.25, 0.3) is 33.1 Å². The molecule has 8 aromatic rings. The van der Waals surface area contributed by atoms with Crippen molar-refractivity contribution in [3.05, 3.63) is 120 Å². The molecule has 6 aromatic heterocycles. The van der Waals surface area contributed by atoms with Gasteiger partial charge in [-0.15, -0.1) is 20.4 Å². The highest BCUT2D eigenvalue weighted by atomic mass is 16.5. The Bertz CT molecular complexity index is 2800. The number of carbonyl (C=O) groups is 2. The lowest BCUT2D eigenvalue weighted by Crippen LogP contribution is -2.25. The van der Waals surface area contributed by atoms with Gasteiger partial charge >= 0.3 is 5.97 Å². The number of rotatable bonds is 11. The third-order valence-electron chi connectivity index (χ3n) is 9.52. The lowest BCUT2D eigenvalue weighted by Gasteiger charge is -2.09. The fourth-order valence-electron chi connectivity index (χ4n) is 5.92. The van der Waals surface area contributed by atoms with Gasteiger partial charge in [-0.1, -0.05) is 22.3 Å². The zero-order valence-electron chi connectivity index (χ0n) is 32.2. The summed E-state index contributed by atoms with van der Waals surface area (Å²) in [5.74, 6) is 2.81. The molecule has 0 saturated heterocycles. The second-order valence-corrected chi connectivity index (χ2v) is 13.9. The second-order valence-electron chi connectivity index (χ2n) is 13.9. The van der Waals surface area contributed by atoms with Gasteiger partial charge in [-0.2, -0.15) is 0 Å². The highest BCUT2D eigenvalue weighted by Crippen LogP contribution is 2.29. The normalized spacial score (nSPS) is 12.6. The Hall–Kier alpha value is -7.40. The zero-order chi connectivity index (χ0) is 40.9. The zero-order valence-corrected chi connectivity index (χ0v) is 32.2. The van der Waals surface area contributed by atoms with Gasteiger partial charge in [0.05, 0.1) is 36.4 Å². The Morgan fingerprint density at radius 2 is 1.15 bits per heavy atom. The lowest BCUT2D eigenvalue weighted by atomic mass is 10.2. The number of benzene rings is 2. The lowest BCUT2D eigenvalue weighted by molar-refractivity contribution is 0.0696. The van der Waals surface area contributed by atoms with E-state index in [0.717, 1.165) is 40.4 Å². The van der Waals surface area contributed by atoms with Crippen molar-refractivity contribution in [2.45, 2.75) is 73.3 Å². The number of nitrogens with two attached hydrogens (primary N) is 1. The Kier molecular flexibility index (Phi) is 14.9. The molecule has 2 aliphatic rings. The van der Waals surface area contributed by atoms with Crippen molar-refractivity contribution in [2.75, 3.05) is 14.2 Å². The SMILES string of the molecule is C.C.C.COc1ccc2c(OCc3nnc4ccc(C(=O)NC5CC5)cn34)ccnc2c1.COc1ccc2c(OCc3nnc4ccc(C(=O)O)cn34)ccnc2c1.NC1CC1. The molecule has 6 heterocycles. The molecule has 17 nitrogen and oxygen atoms in total. The number of carbonyl (C=O) groups excluding carboxylic acids is 1. The maximum absolute atomic E-state index is 12.3. The largest absolute Gasteiger partial charge is 0.497 e. The number of methoxy groups -OCH3 is 2. The van der Waals surface area contributed by atoms with Crippen LogP contribution in [0.3, 0.4) is 0 Å². The number of nitrogens with zero attached hydrogens (tertiary/aromatic N) is 8. The van der Waals surface area contributed by atoms with Crippen molar-refractivity contribution in [3.8, 4) is 23.0 Å². The van der Waals surface area contributed by atoms with Gasteiger partial charge in [0.1, 0.15) is 36.2 Å². The fourth-order valence-corrected chi connectivity index (χ4v) is 5.92. The number of nitrogens with one attached hydrogen (secondary N) is 1. The summed E-state index contributed by atoms with van der Waals surface area (Å²) >= 11 is 0. The summed E-state index contributed by atoms with van der Waals surface area (Å²) in [6.45, 7) is 0.343. The third kappa shape index (κ3) is 10.7. The molecule has 2 fully saturated rings. The number of carboxylic acids is 1. The van der Waals surface area contributed by atoms with Crippen LogP contribution in [0.2, 0.25) is 0 Å². The van der Waals surface area contributed by atoms with Crippen LogP contribution in [-0.2, 0) is 13.2 Å². The molecular formula is C45H52N10O7. The maximum Gasteiger partial charge on any atom is 0.337 e. The number of fused-ring (bicyclic) bond motifs is 4. The van der Waals surface area contributed by atoms with Crippen LogP contribution in [0.1, 0.15) is 80.3 Å². The summed E-state index contributed by atoms with van der Waals surface area (Å²) in [7, 11) is 3.22. The number of hydrogen-bond acceptors (Lipinski definition) is 13. The van der Waals surface area contributed by atoms with Crippen molar-refractivity contribution >= 4 is 45.0 Å². The summed E-state index contributed by atoms with van der Waals surface area (Å²) in [4.78, 5) is 32.2. The summed E-state index contributed by atoms with van der Waals surface area (Å²) in [6, 6.07) is 22.3. The fraction of sp³-hybridized carbons (Fsp3) is 0.289. The van der Waals surface area contributed by atoms with Gasteiger partial charge in [0.15, 0.2) is 22.9 Å². The van der Waals surface area contributed by atoms with Gasteiger partial charge in [0, 0.05) is 59.8 Å². The first-order valence-electron chi connectivity index (χ1n) is 18.8. The molecule has 10 rings (SSSR count). The second kappa shape index (κ2) is 20.2. The number of aromatic carboxylic acids is 1. The summed E-state index contributed by atoms with van der Waals surface area (Å²) < 4.78 is 25.8. The van der Waals surface area contributed by atoms with E-state index in [1.165, 1.54) is 25.1 Å². The molecule has 1 amide bonds. The Morgan fingerprint density at radius 3 is 1.58 bits per heavy atom. The molecule has 2 saturated carbocycles. The quantitative estimate of drug-likeness (QED) is 0.116. The number of amides is 1. The predicted molar refractivity (Wildman–Crippen MR) is 236 cm³/mol. The molecule has 0 spiro atoms. The molecule has 62 heavy (non-hydrogen) atoms. The van der Waals surface area contributed by atoms with Crippen molar-refractivity contribution in [1.29, 1.82) is 0 Å². The molecule has 2 aromatic carbocycles. The van der Waals surface area contributed by atoms with Crippen LogP contribution < -0.4 is 30.0 Å². The van der Waals surface area contributed by atoms with E-state index in [4.69, 9.17) is 29.8 Å². The van der Waals surface area contributed by atoms with Crippen molar-refractivity contribution < 1.29 is 33.6 Å². The molecule has 4 N–H and O–H groups in total. The average Bonchev–Trinajstić information content (AvgIpc) is 4.18. The monoisotopic (exact) mass is 844 g/mol. The highest BCUT2D eigenvalue weighted by molar-refractivity contribution is 5.94. The number of hydrogen-bond donors (Lipinski definition) is 3. The van der Waals surface area contributed by atoms with Crippen LogP contribution in [0.5, 0.6) is 23.0 Å². The minimum atomic E-state index is -1.01. The van der Waals surface area contributed by atoms with Gasteiger partial charge in [0.2, 0.25) is 0 Å².